The second-order valence-corrected chi connectivity index (χ2v) is 12.4. The molecule has 8 nitrogen and oxygen atoms in total. The molecule has 2 unspecified atom stereocenters. The SMILES string of the molecule is CCc1c(C2[C@@H](C)[C@H]2C)nc2c(c1NC(=O)N=S(N)(=O)c1cnc(C(C)(C)O)s1)CCC2. The Morgan fingerprint density at radius 2 is 2.06 bits per heavy atom. The number of amides is 2. The Balaban J connectivity index is 1.69. The van der Waals surface area contributed by atoms with Crippen molar-refractivity contribution in [3.8, 4) is 0 Å². The largest absolute Gasteiger partial charge is 0.383 e. The molecule has 1 saturated carbocycles. The van der Waals surface area contributed by atoms with Gasteiger partial charge in [0.05, 0.1) is 11.9 Å². The molecule has 0 bridgehead atoms. The minimum absolute atomic E-state index is 0.154. The predicted molar refractivity (Wildman–Crippen MR) is 126 cm³/mol. The molecule has 2 aliphatic carbocycles. The van der Waals surface area contributed by atoms with Crippen molar-refractivity contribution >= 4 is 33.0 Å². The number of hydrogen-bond donors (Lipinski definition) is 3. The number of nitrogens with one attached hydrogen (secondary N) is 1. The molecular weight excluding hydrogens is 446 g/mol. The molecule has 1 fully saturated rings. The highest BCUT2D eigenvalue weighted by molar-refractivity contribution is 7.93. The number of fused-ring (bicyclic) bond motifs is 1. The first-order chi connectivity index (χ1) is 14.9. The third-order valence-corrected chi connectivity index (χ3v) is 9.78. The van der Waals surface area contributed by atoms with Crippen LogP contribution in [-0.2, 0) is 34.8 Å². The van der Waals surface area contributed by atoms with Gasteiger partial charge in [-0.05, 0) is 62.5 Å². The Kier molecular flexibility index (Phi) is 5.94. The van der Waals surface area contributed by atoms with Crippen LogP contribution in [0.1, 0.15) is 74.5 Å². The van der Waals surface area contributed by atoms with Gasteiger partial charge in [0.1, 0.15) is 14.8 Å². The number of nitrogens with two attached hydrogens (primary N) is 1. The molecule has 2 aromatic rings. The van der Waals surface area contributed by atoms with Gasteiger partial charge >= 0.3 is 6.03 Å². The summed E-state index contributed by atoms with van der Waals surface area (Å²) in [5.74, 6) is 1.54. The molecule has 0 aliphatic heterocycles. The number of aliphatic hydroxyl groups is 1. The average Bonchev–Trinajstić information content (AvgIpc) is 3.16. The van der Waals surface area contributed by atoms with Crippen LogP contribution < -0.4 is 10.5 Å². The van der Waals surface area contributed by atoms with Crippen molar-refractivity contribution in [2.75, 3.05) is 5.32 Å². The van der Waals surface area contributed by atoms with Crippen LogP contribution in [0.3, 0.4) is 0 Å². The summed E-state index contributed by atoms with van der Waals surface area (Å²) in [7, 11) is -3.49. The van der Waals surface area contributed by atoms with E-state index in [4.69, 9.17) is 10.1 Å². The second kappa shape index (κ2) is 8.16. The van der Waals surface area contributed by atoms with E-state index >= 15 is 0 Å². The predicted octanol–water partition coefficient (Wildman–Crippen LogP) is 4.12. The van der Waals surface area contributed by atoms with Gasteiger partial charge in [-0.25, -0.2) is 19.1 Å². The fraction of sp³-hybridized carbons (Fsp3) is 0.591. The van der Waals surface area contributed by atoms with E-state index in [9.17, 15) is 14.1 Å². The third-order valence-electron chi connectivity index (χ3n) is 6.59. The van der Waals surface area contributed by atoms with Crippen molar-refractivity contribution in [1.29, 1.82) is 0 Å². The smallest absolute Gasteiger partial charge is 0.354 e. The van der Waals surface area contributed by atoms with Crippen LogP contribution in [0.25, 0.3) is 0 Å². The van der Waals surface area contributed by atoms with Gasteiger partial charge in [-0.1, -0.05) is 20.8 Å². The number of pyridine rings is 1. The maximum Gasteiger partial charge on any atom is 0.354 e. The molecule has 2 aromatic heterocycles. The highest BCUT2D eigenvalue weighted by atomic mass is 32.2. The Morgan fingerprint density at radius 1 is 1.38 bits per heavy atom. The van der Waals surface area contributed by atoms with Crippen LogP contribution in [0, 0.1) is 11.8 Å². The number of rotatable bonds is 5. The number of aryl methyl sites for hydroxylation is 1. The highest BCUT2D eigenvalue weighted by Crippen LogP contribution is 2.55. The molecule has 2 heterocycles. The number of carbonyl (C=O) groups excluding carboxylic acids is 1. The van der Waals surface area contributed by atoms with Crippen LogP contribution in [-0.4, -0.2) is 25.3 Å². The zero-order valence-corrected chi connectivity index (χ0v) is 20.8. The minimum Gasteiger partial charge on any atom is -0.383 e. The summed E-state index contributed by atoms with van der Waals surface area (Å²) in [5.41, 5.74) is 3.80. The summed E-state index contributed by atoms with van der Waals surface area (Å²) in [6, 6.07) is -0.742. The number of aromatic nitrogens is 2. The van der Waals surface area contributed by atoms with E-state index in [2.05, 4.69) is 35.4 Å². The van der Waals surface area contributed by atoms with Gasteiger partial charge in [-0.15, -0.1) is 15.7 Å². The lowest BCUT2D eigenvalue weighted by Crippen LogP contribution is -2.19. The molecule has 0 saturated heterocycles. The maximum absolute atomic E-state index is 13.0. The first-order valence-corrected chi connectivity index (χ1v) is 13.4. The fourth-order valence-electron chi connectivity index (χ4n) is 4.56. The molecule has 0 spiro atoms. The Labute approximate surface area is 193 Å². The standard InChI is InChI=1S/C22H31N5O3S2/c1-6-13-18(14-8-7-9-15(14)25-19(13)17-11(2)12(17)3)26-21(28)27-32(23,30)16-10-24-20(31-16)22(4,5)29/h10-12,17,29H,6-9H2,1-5H3,(H3,23,25,26,27,28,30)/t11-,12+,17?,32?. The summed E-state index contributed by atoms with van der Waals surface area (Å²) in [5, 5.41) is 19.3. The quantitative estimate of drug-likeness (QED) is 0.596. The fourth-order valence-corrected chi connectivity index (χ4v) is 6.63. The summed E-state index contributed by atoms with van der Waals surface area (Å²) in [6.45, 7) is 9.68. The van der Waals surface area contributed by atoms with E-state index in [1.807, 2.05) is 0 Å². The number of hydrogen-bond acceptors (Lipinski definition) is 6. The van der Waals surface area contributed by atoms with Crippen molar-refractivity contribution in [1.82, 2.24) is 9.97 Å². The van der Waals surface area contributed by atoms with Gasteiger partial charge < -0.3 is 10.4 Å². The highest BCUT2D eigenvalue weighted by Gasteiger charge is 2.46. The number of carbonyl (C=O) groups is 1. The van der Waals surface area contributed by atoms with Crippen molar-refractivity contribution in [2.24, 2.45) is 21.3 Å². The molecule has 4 atom stereocenters. The topological polar surface area (TPSA) is 131 Å². The second-order valence-electron chi connectivity index (χ2n) is 9.36. The number of thiazole rings is 1. The Hall–Kier alpha value is -1.88. The lowest BCUT2D eigenvalue weighted by Gasteiger charge is -2.18. The zero-order chi connectivity index (χ0) is 23.4. The Morgan fingerprint density at radius 3 is 2.62 bits per heavy atom. The first-order valence-electron chi connectivity index (χ1n) is 11.0. The molecule has 32 heavy (non-hydrogen) atoms. The molecule has 10 heteroatoms. The molecule has 2 amide bonds. The normalized spacial score (nSPS) is 24.0. The van der Waals surface area contributed by atoms with Gasteiger partial charge in [-0.3, -0.25) is 4.98 Å². The number of urea groups is 1. The minimum atomic E-state index is -3.49. The number of nitrogens with zero attached hydrogens (tertiary/aromatic N) is 3. The van der Waals surface area contributed by atoms with Gasteiger partial charge in [0.25, 0.3) is 0 Å². The molecule has 174 valence electrons. The average molecular weight is 478 g/mol. The van der Waals surface area contributed by atoms with Crippen molar-refractivity contribution < 1.29 is 14.1 Å². The van der Waals surface area contributed by atoms with Crippen LogP contribution >= 0.6 is 11.3 Å². The van der Waals surface area contributed by atoms with Crippen LogP contribution in [0.4, 0.5) is 10.5 Å². The monoisotopic (exact) mass is 477 g/mol. The van der Waals surface area contributed by atoms with E-state index in [0.717, 1.165) is 65.2 Å². The summed E-state index contributed by atoms with van der Waals surface area (Å²) in [6.07, 6.45) is 4.80. The molecule has 2 aliphatic rings. The van der Waals surface area contributed by atoms with Crippen molar-refractivity contribution in [3.63, 3.8) is 0 Å². The third kappa shape index (κ3) is 4.21. The lowest BCUT2D eigenvalue weighted by molar-refractivity contribution is 0.0783. The van der Waals surface area contributed by atoms with E-state index in [-0.39, 0.29) is 4.21 Å². The lowest BCUT2D eigenvalue weighted by atomic mass is 9.99. The summed E-state index contributed by atoms with van der Waals surface area (Å²) in [4.78, 5) is 22.0. The van der Waals surface area contributed by atoms with Crippen LogP contribution in [0.15, 0.2) is 14.8 Å². The maximum atomic E-state index is 13.0. The summed E-state index contributed by atoms with van der Waals surface area (Å²) >= 11 is 0.993. The summed E-state index contributed by atoms with van der Waals surface area (Å²) < 4.78 is 17.0. The van der Waals surface area contributed by atoms with Crippen molar-refractivity contribution in [2.45, 2.75) is 76.0 Å². The Bertz CT molecular complexity index is 1180. The molecular formula is C22H31N5O3S2. The molecule has 0 radical (unpaired) electrons. The number of anilines is 1. The van der Waals surface area contributed by atoms with E-state index in [1.54, 1.807) is 13.8 Å². The van der Waals surface area contributed by atoms with Gasteiger partial charge in [0.15, 0.2) is 9.92 Å². The first kappa shape index (κ1) is 23.3. The molecule has 4 rings (SSSR count). The van der Waals surface area contributed by atoms with Gasteiger partial charge in [0, 0.05) is 17.3 Å². The van der Waals surface area contributed by atoms with E-state index < -0.39 is 21.5 Å². The van der Waals surface area contributed by atoms with E-state index in [1.165, 1.54) is 6.20 Å². The van der Waals surface area contributed by atoms with Gasteiger partial charge in [0.2, 0.25) is 0 Å². The molecule has 4 N–H and O–H groups in total. The van der Waals surface area contributed by atoms with Crippen LogP contribution in [0.5, 0.6) is 0 Å². The zero-order valence-electron chi connectivity index (χ0n) is 19.1. The van der Waals surface area contributed by atoms with Gasteiger partial charge in [-0.2, -0.15) is 0 Å². The van der Waals surface area contributed by atoms with Crippen LogP contribution in [0.2, 0.25) is 0 Å². The van der Waals surface area contributed by atoms with Crippen molar-refractivity contribution in [3.05, 3.63) is 33.7 Å². The van der Waals surface area contributed by atoms with E-state index in [0.29, 0.717) is 22.8 Å². The molecule has 0 aromatic carbocycles.